The third-order valence-corrected chi connectivity index (χ3v) is 5.78. The molecule has 0 spiro atoms. The topological polar surface area (TPSA) is 87.7 Å². The maximum Gasteiger partial charge on any atom is 0.408 e. The number of carbonyl (C=O) groups excluding carboxylic acids is 3. The van der Waals surface area contributed by atoms with Crippen LogP contribution in [0.3, 0.4) is 0 Å². The van der Waals surface area contributed by atoms with E-state index in [1.54, 1.807) is 25.7 Å². The van der Waals surface area contributed by atoms with Crippen molar-refractivity contribution < 1.29 is 19.1 Å². The zero-order chi connectivity index (χ0) is 25.9. The highest BCUT2D eigenvalue weighted by molar-refractivity contribution is 7.80. The molecule has 0 aliphatic heterocycles. The molecular weight excluding hydrogens is 450 g/mol. The van der Waals surface area contributed by atoms with Gasteiger partial charge in [-0.3, -0.25) is 9.59 Å². The summed E-state index contributed by atoms with van der Waals surface area (Å²) in [6.07, 6.45) is 2.70. The Labute approximate surface area is 210 Å². The Morgan fingerprint density at radius 1 is 1.06 bits per heavy atom. The van der Waals surface area contributed by atoms with E-state index in [2.05, 4.69) is 30.2 Å². The Kier molecular flexibility index (Phi) is 12.5. The van der Waals surface area contributed by atoms with Crippen LogP contribution in [0.15, 0.2) is 18.2 Å². The van der Waals surface area contributed by atoms with Gasteiger partial charge in [-0.25, -0.2) is 4.79 Å². The number of nitrogens with zero attached hydrogens (tertiary/aromatic N) is 1. The van der Waals surface area contributed by atoms with Crippen molar-refractivity contribution in [2.24, 2.45) is 0 Å². The molecule has 0 radical (unpaired) electrons. The summed E-state index contributed by atoms with van der Waals surface area (Å²) in [6, 6.07) is 4.11. The zero-order valence-electron chi connectivity index (χ0n) is 21.9. The van der Waals surface area contributed by atoms with E-state index in [0.717, 1.165) is 42.4 Å². The average molecular weight is 494 g/mol. The number of unbranched alkanes of at least 4 members (excludes halogenated alkanes) is 2. The van der Waals surface area contributed by atoms with E-state index in [1.165, 1.54) is 0 Å². The molecule has 0 saturated heterocycles. The summed E-state index contributed by atoms with van der Waals surface area (Å²) < 4.78 is 5.34. The Bertz CT molecular complexity index is 803. The van der Waals surface area contributed by atoms with Crippen LogP contribution in [0.2, 0.25) is 0 Å². The number of alkyl carbamates (subject to hydrolysis) is 1. The number of carbonyl (C=O) groups is 3. The number of benzene rings is 1. The molecule has 0 saturated carbocycles. The molecule has 0 heterocycles. The van der Waals surface area contributed by atoms with Crippen LogP contribution in [-0.2, 0) is 14.3 Å². The van der Waals surface area contributed by atoms with Gasteiger partial charge in [-0.1, -0.05) is 44.9 Å². The van der Waals surface area contributed by atoms with Crippen LogP contribution in [-0.4, -0.2) is 53.3 Å². The Morgan fingerprint density at radius 2 is 1.65 bits per heavy atom. The molecule has 1 aromatic carbocycles. The van der Waals surface area contributed by atoms with E-state index in [1.807, 2.05) is 39.0 Å². The van der Waals surface area contributed by atoms with Crippen molar-refractivity contribution in [3.63, 3.8) is 0 Å². The number of hydrogen-bond donors (Lipinski definition) is 3. The third kappa shape index (κ3) is 9.20. The summed E-state index contributed by atoms with van der Waals surface area (Å²) in [7, 11) is 0. The van der Waals surface area contributed by atoms with Crippen molar-refractivity contribution in [1.29, 1.82) is 0 Å². The van der Waals surface area contributed by atoms with Gasteiger partial charge in [0.05, 0.1) is 0 Å². The predicted octanol–water partition coefficient (Wildman–Crippen LogP) is 4.71. The van der Waals surface area contributed by atoms with Gasteiger partial charge in [0.2, 0.25) is 11.8 Å². The molecule has 192 valence electrons. The molecule has 2 atom stereocenters. The van der Waals surface area contributed by atoms with Gasteiger partial charge in [0.25, 0.3) is 0 Å². The van der Waals surface area contributed by atoms with Crippen LogP contribution in [0.5, 0.6) is 0 Å². The Balaban J connectivity index is 3.42. The van der Waals surface area contributed by atoms with E-state index >= 15 is 0 Å². The normalized spacial score (nSPS) is 13.1. The molecule has 1 aromatic rings. The molecule has 0 bridgehead atoms. The van der Waals surface area contributed by atoms with Crippen LogP contribution in [0.4, 0.5) is 4.79 Å². The molecule has 2 unspecified atom stereocenters. The molecule has 8 heteroatoms. The highest BCUT2D eigenvalue weighted by Gasteiger charge is 2.36. The fraction of sp³-hybridized carbons (Fsp3) is 0.654. The first-order valence-electron chi connectivity index (χ1n) is 12.2. The minimum Gasteiger partial charge on any atom is -0.444 e. The van der Waals surface area contributed by atoms with Gasteiger partial charge in [-0.05, 0) is 64.2 Å². The van der Waals surface area contributed by atoms with E-state index in [0.29, 0.717) is 13.1 Å². The molecule has 34 heavy (non-hydrogen) atoms. The molecule has 0 aliphatic carbocycles. The van der Waals surface area contributed by atoms with Crippen LogP contribution in [0, 0.1) is 13.8 Å². The van der Waals surface area contributed by atoms with Crippen LogP contribution >= 0.6 is 12.6 Å². The van der Waals surface area contributed by atoms with Crippen molar-refractivity contribution in [2.45, 2.75) is 91.8 Å². The Hall–Kier alpha value is -2.22. The van der Waals surface area contributed by atoms with Crippen molar-refractivity contribution in [2.75, 3.05) is 18.8 Å². The molecule has 1 rings (SSSR count). The number of aryl methyl sites for hydroxylation is 2. The summed E-state index contributed by atoms with van der Waals surface area (Å²) in [5, 5.41) is 5.66. The van der Waals surface area contributed by atoms with Gasteiger partial charge in [0, 0.05) is 18.8 Å². The smallest absolute Gasteiger partial charge is 0.408 e. The first-order valence-corrected chi connectivity index (χ1v) is 12.8. The molecule has 3 amide bonds. The minimum atomic E-state index is -0.926. The van der Waals surface area contributed by atoms with Gasteiger partial charge in [0.1, 0.15) is 17.7 Å². The fourth-order valence-electron chi connectivity index (χ4n) is 3.70. The summed E-state index contributed by atoms with van der Waals surface area (Å²) in [6.45, 7) is 14.2. The molecule has 0 aromatic heterocycles. The number of hydrogen-bond acceptors (Lipinski definition) is 5. The largest absolute Gasteiger partial charge is 0.444 e. The van der Waals surface area contributed by atoms with E-state index in [9.17, 15) is 14.4 Å². The molecule has 2 N–H and O–H groups in total. The second-order valence-electron chi connectivity index (χ2n) is 9.62. The number of nitrogens with one attached hydrogen (secondary N) is 2. The average Bonchev–Trinajstić information content (AvgIpc) is 2.74. The van der Waals surface area contributed by atoms with Crippen molar-refractivity contribution in [3.05, 3.63) is 34.9 Å². The Morgan fingerprint density at radius 3 is 2.15 bits per heavy atom. The van der Waals surface area contributed by atoms with Crippen LogP contribution < -0.4 is 10.6 Å². The number of rotatable bonds is 12. The minimum absolute atomic E-state index is 0.0810. The van der Waals surface area contributed by atoms with Crippen LogP contribution in [0.25, 0.3) is 0 Å². The lowest BCUT2D eigenvalue weighted by molar-refractivity contribution is -0.142. The lowest BCUT2D eigenvalue weighted by Crippen LogP contribution is -2.54. The van der Waals surface area contributed by atoms with Gasteiger partial charge >= 0.3 is 6.09 Å². The van der Waals surface area contributed by atoms with E-state index in [4.69, 9.17) is 4.74 Å². The third-order valence-electron chi connectivity index (χ3n) is 5.41. The molecule has 0 aliphatic rings. The van der Waals surface area contributed by atoms with E-state index < -0.39 is 23.8 Å². The lowest BCUT2D eigenvalue weighted by atomic mass is 9.93. The van der Waals surface area contributed by atoms with Gasteiger partial charge in [-0.2, -0.15) is 12.6 Å². The number of thiol groups is 1. The quantitative estimate of drug-likeness (QED) is 0.291. The lowest BCUT2D eigenvalue weighted by Gasteiger charge is -2.35. The van der Waals surface area contributed by atoms with Crippen molar-refractivity contribution >= 4 is 30.5 Å². The zero-order valence-corrected chi connectivity index (χ0v) is 22.8. The van der Waals surface area contributed by atoms with Gasteiger partial charge < -0.3 is 20.3 Å². The first-order chi connectivity index (χ1) is 16.0. The van der Waals surface area contributed by atoms with Gasteiger partial charge in [-0.15, -0.1) is 0 Å². The highest BCUT2D eigenvalue weighted by Crippen LogP contribution is 2.29. The maximum atomic E-state index is 13.8. The highest BCUT2D eigenvalue weighted by atomic mass is 32.1. The summed E-state index contributed by atoms with van der Waals surface area (Å²) in [5.41, 5.74) is 1.99. The summed E-state index contributed by atoms with van der Waals surface area (Å²) >= 11 is 4.33. The summed E-state index contributed by atoms with van der Waals surface area (Å²) in [4.78, 5) is 41.3. The number of ether oxygens (including phenoxy) is 1. The SMILES string of the molecule is CCCCNC(=O)C(c1c(C)cccc1C)N(CCCC)C(=O)C(CS)NC(=O)OC(C)(C)C. The van der Waals surface area contributed by atoms with Crippen molar-refractivity contribution in [3.8, 4) is 0 Å². The summed E-state index contributed by atoms with van der Waals surface area (Å²) in [5.74, 6) is -0.490. The van der Waals surface area contributed by atoms with E-state index in [-0.39, 0.29) is 17.6 Å². The van der Waals surface area contributed by atoms with Crippen molar-refractivity contribution in [1.82, 2.24) is 15.5 Å². The molecule has 0 fully saturated rings. The first kappa shape index (κ1) is 29.8. The predicted molar refractivity (Wildman–Crippen MR) is 140 cm³/mol. The number of amides is 3. The standard InChI is InChI=1S/C26H43N3O4S/c1-8-10-15-27-23(30)22(21-18(3)13-12-14-19(21)4)29(16-11-9-2)24(31)20(17-34)28-25(32)33-26(5,6)7/h12-14,20,22,34H,8-11,15-17H2,1-7H3,(H,27,30)(H,28,32). The second-order valence-corrected chi connectivity index (χ2v) is 9.98. The van der Waals surface area contributed by atoms with Gasteiger partial charge in [0.15, 0.2) is 0 Å². The maximum absolute atomic E-state index is 13.8. The fourth-order valence-corrected chi connectivity index (χ4v) is 3.95. The molecule has 7 nitrogen and oxygen atoms in total. The molecular formula is C26H43N3O4S. The monoisotopic (exact) mass is 493 g/mol. The second kappa shape index (κ2) is 14.2. The van der Waals surface area contributed by atoms with Crippen LogP contribution in [0.1, 0.15) is 83.0 Å².